The lowest BCUT2D eigenvalue weighted by Crippen LogP contribution is -2.38. The van der Waals surface area contributed by atoms with Crippen molar-refractivity contribution in [3.8, 4) is 0 Å². The van der Waals surface area contributed by atoms with Crippen LogP contribution in [0.15, 0.2) is 47.5 Å². The second-order valence-corrected chi connectivity index (χ2v) is 5.59. The molecule has 1 N–H and O–H groups in total. The smallest absolute Gasteiger partial charge is 0.244 e. The zero-order valence-electron chi connectivity index (χ0n) is 12.9. The number of piperidine rings is 1. The van der Waals surface area contributed by atoms with Gasteiger partial charge in [0.05, 0.1) is 12.5 Å². The molecule has 0 unspecified atom stereocenters. The predicted molar refractivity (Wildman–Crippen MR) is 87.7 cm³/mol. The van der Waals surface area contributed by atoms with Gasteiger partial charge < -0.3 is 14.6 Å². The summed E-state index contributed by atoms with van der Waals surface area (Å²) in [6, 6.07) is 3.61. The second-order valence-electron chi connectivity index (χ2n) is 5.59. The molecule has 0 aromatic carbocycles. The molecular weight excluding hydrogens is 292 g/mol. The summed E-state index contributed by atoms with van der Waals surface area (Å²) in [6.45, 7) is 2.60. The van der Waals surface area contributed by atoms with Gasteiger partial charge in [0, 0.05) is 38.1 Å². The van der Waals surface area contributed by atoms with Gasteiger partial charge in [-0.25, -0.2) is 4.98 Å². The van der Waals surface area contributed by atoms with E-state index >= 15 is 0 Å². The fourth-order valence-corrected chi connectivity index (χ4v) is 2.67. The molecule has 0 radical (unpaired) electrons. The second kappa shape index (κ2) is 7.58. The molecule has 1 saturated heterocycles. The maximum atomic E-state index is 11.8. The molecule has 120 valence electrons. The van der Waals surface area contributed by atoms with Gasteiger partial charge in [0.2, 0.25) is 5.91 Å². The lowest BCUT2D eigenvalue weighted by molar-refractivity contribution is -0.116. The maximum absolute atomic E-state index is 11.8. The fraction of sp³-hybridized carbons (Fsp3) is 0.353. The van der Waals surface area contributed by atoms with Gasteiger partial charge in [0.25, 0.3) is 0 Å². The minimum atomic E-state index is -0.0854. The van der Waals surface area contributed by atoms with E-state index in [1.165, 1.54) is 6.08 Å². The molecule has 1 amide bonds. The minimum absolute atomic E-state index is 0.0854. The first-order valence-electron chi connectivity index (χ1n) is 7.81. The van der Waals surface area contributed by atoms with E-state index in [4.69, 9.17) is 4.42 Å². The zero-order chi connectivity index (χ0) is 15.9. The Morgan fingerprint density at radius 1 is 1.39 bits per heavy atom. The van der Waals surface area contributed by atoms with Crippen LogP contribution in [-0.4, -0.2) is 35.5 Å². The lowest BCUT2D eigenvalue weighted by Gasteiger charge is -2.32. The van der Waals surface area contributed by atoms with Crippen LogP contribution >= 0.6 is 0 Å². The van der Waals surface area contributed by atoms with Crippen LogP contribution in [0.3, 0.4) is 0 Å². The van der Waals surface area contributed by atoms with E-state index < -0.39 is 0 Å². The zero-order valence-corrected chi connectivity index (χ0v) is 12.9. The summed E-state index contributed by atoms with van der Waals surface area (Å²) in [6.07, 6.45) is 12.0. The first-order valence-corrected chi connectivity index (χ1v) is 7.81. The van der Waals surface area contributed by atoms with Gasteiger partial charge in [-0.3, -0.25) is 9.78 Å². The molecule has 0 saturated carbocycles. The highest BCUT2D eigenvalue weighted by Gasteiger charge is 2.20. The molecular formula is C17H20N4O2. The number of nitrogens with one attached hydrogen (secondary N) is 1. The first-order chi connectivity index (χ1) is 11.3. The normalized spacial score (nSPS) is 15.9. The summed E-state index contributed by atoms with van der Waals surface area (Å²) in [5.74, 6) is 2.02. The fourth-order valence-electron chi connectivity index (χ4n) is 2.67. The first kappa shape index (κ1) is 15.3. The largest absolute Gasteiger partial charge is 0.465 e. The molecule has 3 rings (SSSR count). The molecule has 0 atom stereocenters. The highest BCUT2D eigenvalue weighted by Crippen LogP contribution is 2.20. The number of carbonyl (C=O) groups excluding carboxylic acids is 1. The summed E-state index contributed by atoms with van der Waals surface area (Å²) in [4.78, 5) is 22.5. The molecule has 1 aliphatic rings. The van der Waals surface area contributed by atoms with Crippen LogP contribution in [0, 0.1) is 5.92 Å². The average molecular weight is 312 g/mol. The standard InChI is InChI=1S/C17H20N4O2/c22-17(4-3-15-2-1-11-23-15)20-12-14-5-9-21(10-6-14)16-13-18-7-8-19-16/h1-4,7-8,11,13-14H,5-6,9-10,12H2,(H,20,22). The number of furan rings is 1. The quantitative estimate of drug-likeness (QED) is 0.856. The number of rotatable bonds is 5. The number of carbonyl (C=O) groups is 1. The van der Waals surface area contributed by atoms with Gasteiger partial charge in [-0.15, -0.1) is 0 Å². The SMILES string of the molecule is O=C(C=Cc1ccco1)NCC1CCN(c2cnccn2)CC1. The van der Waals surface area contributed by atoms with Crippen LogP contribution in [0.25, 0.3) is 6.08 Å². The van der Waals surface area contributed by atoms with Gasteiger partial charge in [0.1, 0.15) is 11.6 Å². The van der Waals surface area contributed by atoms with Crippen molar-refractivity contribution in [1.82, 2.24) is 15.3 Å². The minimum Gasteiger partial charge on any atom is -0.465 e. The molecule has 1 aliphatic heterocycles. The van der Waals surface area contributed by atoms with Crippen LogP contribution < -0.4 is 10.2 Å². The van der Waals surface area contributed by atoms with Crippen molar-refractivity contribution in [3.63, 3.8) is 0 Å². The number of hydrogen-bond acceptors (Lipinski definition) is 5. The predicted octanol–water partition coefficient (Wildman–Crippen LogP) is 2.12. The summed E-state index contributed by atoms with van der Waals surface area (Å²) in [7, 11) is 0. The van der Waals surface area contributed by atoms with Crippen LogP contribution in [0.1, 0.15) is 18.6 Å². The van der Waals surface area contributed by atoms with E-state index in [0.717, 1.165) is 31.7 Å². The molecule has 23 heavy (non-hydrogen) atoms. The number of anilines is 1. The molecule has 2 aromatic rings. The summed E-state index contributed by atoms with van der Waals surface area (Å²) < 4.78 is 5.15. The maximum Gasteiger partial charge on any atom is 0.244 e. The Labute approximate surface area is 135 Å². The van der Waals surface area contributed by atoms with Crippen molar-refractivity contribution in [2.45, 2.75) is 12.8 Å². The van der Waals surface area contributed by atoms with Gasteiger partial charge >= 0.3 is 0 Å². The Hall–Kier alpha value is -2.63. The number of aromatic nitrogens is 2. The van der Waals surface area contributed by atoms with E-state index in [-0.39, 0.29) is 5.91 Å². The van der Waals surface area contributed by atoms with E-state index in [0.29, 0.717) is 18.2 Å². The molecule has 0 aliphatic carbocycles. The summed E-state index contributed by atoms with van der Waals surface area (Å²) in [5, 5.41) is 2.96. The van der Waals surface area contributed by atoms with Crippen molar-refractivity contribution in [2.24, 2.45) is 5.92 Å². The van der Waals surface area contributed by atoms with Crippen LogP contribution in [0.2, 0.25) is 0 Å². The lowest BCUT2D eigenvalue weighted by atomic mass is 9.97. The van der Waals surface area contributed by atoms with Crippen LogP contribution in [-0.2, 0) is 4.79 Å². The van der Waals surface area contributed by atoms with Crippen molar-refractivity contribution >= 4 is 17.8 Å². The van der Waals surface area contributed by atoms with Gasteiger partial charge in [-0.05, 0) is 37.0 Å². The Bertz CT molecular complexity index is 632. The Kier molecular flexibility index (Phi) is 5.03. The number of amides is 1. The number of nitrogens with zero attached hydrogens (tertiary/aromatic N) is 3. The van der Waals surface area contributed by atoms with Crippen molar-refractivity contribution in [2.75, 3.05) is 24.5 Å². The van der Waals surface area contributed by atoms with Gasteiger partial charge in [-0.2, -0.15) is 0 Å². The molecule has 0 bridgehead atoms. The van der Waals surface area contributed by atoms with Crippen LogP contribution in [0.5, 0.6) is 0 Å². The van der Waals surface area contributed by atoms with Crippen molar-refractivity contribution < 1.29 is 9.21 Å². The Balaban J connectivity index is 1.40. The Morgan fingerprint density at radius 2 is 2.26 bits per heavy atom. The molecule has 0 spiro atoms. The monoisotopic (exact) mass is 312 g/mol. The highest BCUT2D eigenvalue weighted by molar-refractivity contribution is 5.91. The van der Waals surface area contributed by atoms with E-state index in [1.54, 1.807) is 37.0 Å². The van der Waals surface area contributed by atoms with Crippen molar-refractivity contribution in [1.29, 1.82) is 0 Å². The average Bonchev–Trinajstić information content (AvgIpc) is 3.13. The van der Waals surface area contributed by atoms with E-state index in [9.17, 15) is 4.79 Å². The van der Waals surface area contributed by atoms with Gasteiger partial charge in [0.15, 0.2) is 0 Å². The molecule has 3 heterocycles. The van der Waals surface area contributed by atoms with Crippen LogP contribution in [0.4, 0.5) is 5.82 Å². The highest BCUT2D eigenvalue weighted by atomic mass is 16.3. The van der Waals surface area contributed by atoms with Gasteiger partial charge in [-0.1, -0.05) is 0 Å². The molecule has 2 aromatic heterocycles. The summed E-state index contributed by atoms with van der Waals surface area (Å²) in [5.41, 5.74) is 0. The Morgan fingerprint density at radius 3 is 2.96 bits per heavy atom. The summed E-state index contributed by atoms with van der Waals surface area (Å²) >= 11 is 0. The van der Waals surface area contributed by atoms with E-state index in [2.05, 4.69) is 20.2 Å². The molecule has 6 nitrogen and oxygen atoms in total. The van der Waals surface area contributed by atoms with Crippen molar-refractivity contribution in [3.05, 3.63) is 48.8 Å². The third-order valence-electron chi connectivity index (χ3n) is 4.00. The molecule has 1 fully saturated rings. The molecule has 6 heteroatoms. The topological polar surface area (TPSA) is 71.3 Å². The third-order valence-corrected chi connectivity index (χ3v) is 4.00. The number of hydrogen-bond donors (Lipinski definition) is 1. The van der Waals surface area contributed by atoms with E-state index in [1.807, 2.05) is 6.07 Å². The third kappa shape index (κ3) is 4.42.